The van der Waals surface area contributed by atoms with Gasteiger partial charge in [-0.15, -0.1) is 0 Å². The maximum atomic E-state index is 10.3. The predicted molar refractivity (Wildman–Crippen MR) is 54.4 cm³/mol. The van der Waals surface area contributed by atoms with Crippen molar-refractivity contribution in [2.45, 2.75) is 12.8 Å². The zero-order valence-corrected chi connectivity index (χ0v) is 8.54. The number of nitrogens with zero attached hydrogens (tertiary/aromatic N) is 1. The van der Waals surface area contributed by atoms with E-state index in [0.29, 0.717) is 17.3 Å². The monoisotopic (exact) mass is 223 g/mol. The lowest BCUT2D eigenvalue weighted by Crippen LogP contribution is -2.22. The summed E-state index contributed by atoms with van der Waals surface area (Å²) in [6.45, 7) is 0. The summed E-state index contributed by atoms with van der Waals surface area (Å²) in [5.41, 5.74) is 1.60. The largest absolute Gasteiger partial charge is 0.550 e. The van der Waals surface area contributed by atoms with Gasteiger partial charge < -0.3 is 14.9 Å². The van der Waals surface area contributed by atoms with Gasteiger partial charge in [0, 0.05) is 17.4 Å². The number of carboxylic acid groups (broad SMARTS) is 1. The van der Waals surface area contributed by atoms with E-state index >= 15 is 0 Å². The first-order chi connectivity index (χ1) is 7.15. The number of hydrogen-bond donors (Lipinski definition) is 1. The Balaban J connectivity index is 2.27. The number of benzene rings is 1. The fraction of sp³-hybridized carbons (Fsp3) is 0.200. The summed E-state index contributed by atoms with van der Waals surface area (Å²) in [7, 11) is 0. The molecular weight excluding hydrogens is 216 g/mol. The first-order valence-electron chi connectivity index (χ1n) is 4.49. The first kappa shape index (κ1) is 9.98. The maximum absolute atomic E-state index is 10.3. The van der Waals surface area contributed by atoms with Gasteiger partial charge in [0.05, 0.1) is 11.0 Å². The molecule has 0 radical (unpaired) electrons. The Kier molecular flexibility index (Phi) is 2.60. The molecule has 0 aliphatic carbocycles. The molecule has 1 aromatic heterocycles. The lowest BCUT2D eigenvalue weighted by molar-refractivity contribution is -0.305. The van der Waals surface area contributed by atoms with Crippen LogP contribution < -0.4 is 5.11 Å². The molecule has 1 heterocycles. The van der Waals surface area contributed by atoms with E-state index in [2.05, 4.69) is 9.97 Å². The topological polar surface area (TPSA) is 68.8 Å². The zero-order chi connectivity index (χ0) is 10.8. The molecule has 1 aromatic carbocycles. The average Bonchev–Trinajstić information content (AvgIpc) is 2.56. The van der Waals surface area contributed by atoms with Crippen LogP contribution in [0, 0.1) is 0 Å². The smallest absolute Gasteiger partial charge is 0.107 e. The van der Waals surface area contributed by atoms with E-state index < -0.39 is 5.97 Å². The second kappa shape index (κ2) is 3.90. The van der Waals surface area contributed by atoms with Gasteiger partial charge in [-0.1, -0.05) is 11.6 Å². The number of aryl methyl sites for hydroxylation is 1. The van der Waals surface area contributed by atoms with Crippen LogP contribution >= 0.6 is 11.6 Å². The SMILES string of the molecule is O=C([O-])CCc1nc2ccc(Cl)cc2[nH]1. The first-order valence-corrected chi connectivity index (χ1v) is 4.87. The molecular formula is C10H8ClN2O2-. The number of aromatic amines is 1. The van der Waals surface area contributed by atoms with Gasteiger partial charge >= 0.3 is 0 Å². The van der Waals surface area contributed by atoms with Crippen molar-refractivity contribution in [3.8, 4) is 0 Å². The van der Waals surface area contributed by atoms with Crippen molar-refractivity contribution in [1.82, 2.24) is 9.97 Å². The number of carbonyl (C=O) groups is 1. The van der Waals surface area contributed by atoms with E-state index in [0.717, 1.165) is 11.0 Å². The van der Waals surface area contributed by atoms with Gasteiger partial charge in [-0.05, 0) is 24.6 Å². The summed E-state index contributed by atoms with van der Waals surface area (Å²) in [4.78, 5) is 17.5. The molecule has 0 unspecified atom stereocenters. The van der Waals surface area contributed by atoms with Crippen LogP contribution in [0.4, 0.5) is 0 Å². The Hall–Kier alpha value is -1.55. The van der Waals surface area contributed by atoms with Crippen LogP contribution in [0.1, 0.15) is 12.2 Å². The number of aromatic nitrogens is 2. The van der Waals surface area contributed by atoms with Crippen molar-refractivity contribution in [2.75, 3.05) is 0 Å². The van der Waals surface area contributed by atoms with Gasteiger partial charge in [0.15, 0.2) is 0 Å². The minimum Gasteiger partial charge on any atom is -0.550 e. The molecule has 0 aliphatic heterocycles. The molecule has 0 saturated carbocycles. The summed E-state index contributed by atoms with van der Waals surface area (Å²) in [5, 5.41) is 10.9. The second-order valence-electron chi connectivity index (χ2n) is 3.22. The molecule has 1 N–H and O–H groups in total. The van der Waals surface area contributed by atoms with E-state index in [-0.39, 0.29) is 6.42 Å². The lowest BCUT2D eigenvalue weighted by atomic mass is 10.3. The third-order valence-corrected chi connectivity index (χ3v) is 2.29. The van der Waals surface area contributed by atoms with Crippen molar-refractivity contribution >= 4 is 28.6 Å². The molecule has 0 atom stereocenters. The highest BCUT2D eigenvalue weighted by Crippen LogP contribution is 2.17. The number of hydrogen-bond acceptors (Lipinski definition) is 3. The molecule has 15 heavy (non-hydrogen) atoms. The molecule has 0 fully saturated rings. The Bertz CT molecular complexity index is 507. The van der Waals surface area contributed by atoms with Crippen LogP contribution in [-0.2, 0) is 11.2 Å². The summed E-state index contributed by atoms with van der Waals surface area (Å²) in [5.74, 6) is -0.440. The number of nitrogens with one attached hydrogen (secondary N) is 1. The molecule has 2 rings (SSSR count). The van der Waals surface area contributed by atoms with Crippen LogP contribution in [0.2, 0.25) is 5.02 Å². The molecule has 0 saturated heterocycles. The highest BCUT2D eigenvalue weighted by Gasteiger charge is 2.02. The molecule has 4 nitrogen and oxygen atoms in total. The molecule has 0 aliphatic rings. The quantitative estimate of drug-likeness (QED) is 0.841. The van der Waals surface area contributed by atoms with Gasteiger partial charge in [0.1, 0.15) is 5.82 Å². The number of rotatable bonds is 3. The number of carbonyl (C=O) groups excluding carboxylic acids is 1. The van der Waals surface area contributed by atoms with Crippen molar-refractivity contribution in [1.29, 1.82) is 0 Å². The van der Waals surface area contributed by atoms with E-state index in [1.54, 1.807) is 18.2 Å². The van der Waals surface area contributed by atoms with Gasteiger partial charge in [-0.2, -0.15) is 0 Å². The van der Waals surface area contributed by atoms with E-state index in [4.69, 9.17) is 11.6 Å². The second-order valence-corrected chi connectivity index (χ2v) is 3.65. The minimum absolute atomic E-state index is 0.0342. The number of halogens is 1. The van der Waals surface area contributed by atoms with Crippen molar-refractivity contribution in [2.24, 2.45) is 0 Å². The Morgan fingerprint density at radius 3 is 3.07 bits per heavy atom. The molecule has 5 heteroatoms. The fourth-order valence-corrected chi connectivity index (χ4v) is 1.55. The zero-order valence-electron chi connectivity index (χ0n) is 7.79. The van der Waals surface area contributed by atoms with Crippen LogP contribution in [-0.4, -0.2) is 15.9 Å². The molecule has 0 spiro atoms. The van der Waals surface area contributed by atoms with Gasteiger partial charge in [0.25, 0.3) is 0 Å². The van der Waals surface area contributed by atoms with Gasteiger partial charge in [-0.25, -0.2) is 4.98 Å². The lowest BCUT2D eigenvalue weighted by Gasteiger charge is -1.97. The van der Waals surface area contributed by atoms with Gasteiger partial charge in [0.2, 0.25) is 0 Å². The molecule has 2 aromatic rings. The minimum atomic E-state index is -1.08. The van der Waals surface area contributed by atoms with Crippen LogP contribution in [0.15, 0.2) is 18.2 Å². The molecule has 78 valence electrons. The Labute approximate surface area is 90.9 Å². The van der Waals surface area contributed by atoms with Crippen LogP contribution in [0.3, 0.4) is 0 Å². The average molecular weight is 224 g/mol. The Morgan fingerprint density at radius 2 is 2.33 bits per heavy atom. The third kappa shape index (κ3) is 2.27. The Morgan fingerprint density at radius 1 is 1.53 bits per heavy atom. The summed E-state index contributed by atoms with van der Waals surface area (Å²) >= 11 is 5.80. The number of H-pyrrole nitrogens is 1. The highest BCUT2D eigenvalue weighted by molar-refractivity contribution is 6.31. The van der Waals surface area contributed by atoms with E-state index in [9.17, 15) is 9.90 Å². The fourth-order valence-electron chi connectivity index (χ4n) is 1.37. The standard InChI is InChI=1S/C10H9ClN2O2/c11-6-1-2-7-8(5-6)13-9(12-7)3-4-10(14)15/h1-2,5H,3-4H2,(H,12,13)(H,14,15)/p-1. The van der Waals surface area contributed by atoms with Crippen LogP contribution in [0.5, 0.6) is 0 Å². The highest BCUT2D eigenvalue weighted by atomic mass is 35.5. The van der Waals surface area contributed by atoms with Crippen molar-refractivity contribution in [3.63, 3.8) is 0 Å². The number of fused-ring (bicyclic) bond motifs is 1. The summed E-state index contributed by atoms with van der Waals surface area (Å²) in [6, 6.07) is 5.29. The predicted octanol–water partition coefficient (Wildman–Crippen LogP) is 0.899. The number of imidazole rings is 1. The molecule has 0 bridgehead atoms. The summed E-state index contributed by atoms with van der Waals surface area (Å²) in [6.07, 6.45) is 0.308. The normalized spacial score (nSPS) is 10.7. The van der Waals surface area contributed by atoms with E-state index in [1.165, 1.54) is 0 Å². The van der Waals surface area contributed by atoms with Gasteiger partial charge in [-0.3, -0.25) is 0 Å². The van der Waals surface area contributed by atoms with Crippen molar-refractivity contribution < 1.29 is 9.90 Å². The number of carboxylic acids is 1. The third-order valence-electron chi connectivity index (χ3n) is 2.06. The van der Waals surface area contributed by atoms with Crippen LogP contribution in [0.25, 0.3) is 11.0 Å². The summed E-state index contributed by atoms with van der Waals surface area (Å²) < 4.78 is 0. The molecule has 0 amide bonds. The van der Waals surface area contributed by atoms with E-state index in [1.807, 2.05) is 0 Å². The number of aliphatic carboxylic acids is 1. The van der Waals surface area contributed by atoms with Crippen molar-refractivity contribution in [3.05, 3.63) is 29.0 Å². The maximum Gasteiger partial charge on any atom is 0.107 e.